The first-order valence-electron chi connectivity index (χ1n) is 6.27. The molecule has 94 valence electrons. The van der Waals surface area contributed by atoms with Gasteiger partial charge in [0.2, 0.25) is 0 Å². The molecule has 0 saturated heterocycles. The maximum absolute atomic E-state index is 11.9. The van der Waals surface area contributed by atoms with Gasteiger partial charge in [0.1, 0.15) is 0 Å². The molecule has 4 heteroatoms. The number of halogens is 1. The zero-order valence-corrected chi connectivity index (χ0v) is 10.8. The third kappa shape index (κ3) is 2.72. The summed E-state index contributed by atoms with van der Waals surface area (Å²) < 4.78 is 2.03. The summed E-state index contributed by atoms with van der Waals surface area (Å²) in [5.41, 5.74) is 2.84. The lowest BCUT2D eigenvalue weighted by molar-refractivity contribution is 0.573. The highest BCUT2D eigenvalue weighted by Gasteiger charge is 2.24. The fourth-order valence-electron chi connectivity index (χ4n) is 2.50. The van der Waals surface area contributed by atoms with Gasteiger partial charge in [0.25, 0.3) is 5.56 Å². The van der Waals surface area contributed by atoms with Crippen LogP contribution >= 0.6 is 12.4 Å². The van der Waals surface area contributed by atoms with Crippen molar-refractivity contribution < 1.29 is 0 Å². The van der Waals surface area contributed by atoms with Crippen molar-refractivity contribution >= 4 is 12.4 Å². The first kappa shape index (κ1) is 12.7. The van der Waals surface area contributed by atoms with Crippen LogP contribution in [-0.4, -0.2) is 17.7 Å². The molecule has 1 aromatic heterocycles. The van der Waals surface area contributed by atoms with E-state index in [1.54, 1.807) is 6.07 Å². The Hall–Kier alpha value is -0.800. The molecule has 0 bridgehead atoms. The van der Waals surface area contributed by atoms with Crippen LogP contribution in [0.2, 0.25) is 0 Å². The van der Waals surface area contributed by atoms with Crippen LogP contribution in [-0.2, 0) is 19.4 Å². The van der Waals surface area contributed by atoms with Crippen LogP contribution in [0, 0.1) is 5.92 Å². The lowest BCUT2D eigenvalue weighted by Crippen LogP contribution is -2.25. The molecule has 0 spiro atoms. The third-order valence-electron chi connectivity index (χ3n) is 3.64. The Labute approximate surface area is 108 Å². The molecular weight excluding hydrogens is 236 g/mol. The van der Waals surface area contributed by atoms with Crippen LogP contribution in [0.1, 0.15) is 24.1 Å². The van der Waals surface area contributed by atoms with Gasteiger partial charge in [-0.3, -0.25) is 4.79 Å². The van der Waals surface area contributed by atoms with Gasteiger partial charge in [-0.05, 0) is 37.3 Å². The molecule has 1 aromatic rings. The molecule has 1 fully saturated rings. The summed E-state index contributed by atoms with van der Waals surface area (Å²) in [6, 6.07) is 3.76. The van der Waals surface area contributed by atoms with Crippen LogP contribution in [0.25, 0.3) is 0 Å². The van der Waals surface area contributed by atoms with E-state index in [9.17, 15) is 4.79 Å². The van der Waals surface area contributed by atoms with Crippen LogP contribution in [0.5, 0.6) is 0 Å². The second kappa shape index (κ2) is 5.23. The minimum absolute atomic E-state index is 0. The van der Waals surface area contributed by atoms with Crippen LogP contribution < -0.4 is 10.9 Å². The number of aromatic nitrogens is 1. The normalized spacial score (nSPS) is 19.1. The first-order valence-corrected chi connectivity index (χ1v) is 6.27. The Bertz CT molecular complexity index is 451. The van der Waals surface area contributed by atoms with Gasteiger partial charge in [0.05, 0.1) is 0 Å². The van der Waals surface area contributed by atoms with Crippen molar-refractivity contribution in [2.24, 2.45) is 5.92 Å². The minimum Gasteiger partial charge on any atom is -0.316 e. The fourth-order valence-corrected chi connectivity index (χ4v) is 2.50. The quantitative estimate of drug-likeness (QED) is 0.865. The highest BCUT2D eigenvalue weighted by molar-refractivity contribution is 5.85. The van der Waals surface area contributed by atoms with E-state index >= 15 is 0 Å². The number of pyridine rings is 1. The Kier molecular flexibility index (Phi) is 3.89. The Balaban J connectivity index is 0.00000108. The Morgan fingerprint density at radius 2 is 2.00 bits per heavy atom. The topological polar surface area (TPSA) is 34.0 Å². The predicted octanol–water partition coefficient (Wildman–Crippen LogP) is 1.37. The lowest BCUT2D eigenvalue weighted by atomic mass is 10.1. The molecule has 3 rings (SSSR count). The van der Waals surface area contributed by atoms with Crippen molar-refractivity contribution in [1.29, 1.82) is 0 Å². The number of hydrogen-bond acceptors (Lipinski definition) is 2. The summed E-state index contributed by atoms with van der Waals surface area (Å²) >= 11 is 0. The molecule has 0 aromatic carbocycles. The van der Waals surface area contributed by atoms with Gasteiger partial charge < -0.3 is 9.88 Å². The van der Waals surface area contributed by atoms with Crippen molar-refractivity contribution in [3.63, 3.8) is 0 Å². The number of rotatable bonds is 2. The number of fused-ring (bicyclic) bond motifs is 1. The van der Waals surface area contributed by atoms with Gasteiger partial charge in [-0.2, -0.15) is 0 Å². The second-order valence-electron chi connectivity index (χ2n) is 4.95. The van der Waals surface area contributed by atoms with Gasteiger partial charge >= 0.3 is 0 Å². The summed E-state index contributed by atoms with van der Waals surface area (Å²) in [6.45, 7) is 2.98. The molecular formula is C13H19ClN2O. The molecule has 17 heavy (non-hydrogen) atoms. The average Bonchev–Trinajstić information content (AvgIpc) is 3.09. The minimum atomic E-state index is 0. The predicted molar refractivity (Wildman–Crippen MR) is 71.0 cm³/mol. The molecule has 1 aliphatic heterocycles. The standard InChI is InChI=1S/C13H18N2O.ClH/c16-13-4-3-11-5-7-14-8-6-12(11)15(13)9-10-1-2-10;/h3-4,10,14H,1-2,5-9H2;1H. The summed E-state index contributed by atoms with van der Waals surface area (Å²) in [5.74, 6) is 0.764. The average molecular weight is 255 g/mol. The van der Waals surface area contributed by atoms with E-state index in [1.165, 1.54) is 24.1 Å². The highest BCUT2D eigenvalue weighted by atomic mass is 35.5. The smallest absolute Gasteiger partial charge is 0.250 e. The van der Waals surface area contributed by atoms with Crippen molar-refractivity contribution in [3.05, 3.63) is 33.7 Å². The van der Waals surface area contributed by atoms with Gasteiger partial charge in [0.15, 0.2) is 0 Å². The summed E-state index contributed by atoms with van der Waals surface area (Å²) in [5, 5.41) is 3.39. The zero-order chi connectivity index (χ0) is 11.0. The lowest BCUT2D eigenvalue weighted by Gasteiger charge is -2.14. The Morgan fingerprint density at radius 1 is 1.24 bits per heavy atom. The van der Waals surface area contributed by atoms with Crippen LogP contribution in [0.15, 0.2) is 16.9 Å². The highest BCUT2D eigenvalue weighted by Crippen LogP contribution is 2.30. The largest absolute Gasteiger partial charge is 0.316 e. The first-order chi connectivity index (χ1) is 7.84. The van der Waals surface area contributed by atoms with E-state index in [4.69, 9.17) is 0 Å². The molecule has 1 aliphatic carbocycles. The molecule has 0 radical (unpaired) electrons. The van der Waals surface area contributed by atoms with Crippen molar-refractivity contribution in [2.45, 2.75) is 32.2 Å². The third-order valence-corrected chi connectivity index (χ3v) is 3.64. The fraction of sp³-hybridized carbons (Fsp3) is 0.615. The van der Waals surface area contributed by atoms with E-state index in [0.29, 0.717) is 0 Å². The molecule has 1 N–H and O–H groups in total. The van der Waals surface area contributed by atoms with Crippen molar-refractivity contribution in [1.82, 2.24) is 9.88 Å². The maximum Gasteiger partial charge on any atom is 0.250 e. The number of hydrogen-bond donors (Lipinski definition) is 1. The summed E-state index contributed by atoms with van der Waals surface area (Å²) in [4.78, 5) is 11.9. The van der Waals surface area contributed by atoms with Crippen LogP contribution in [0.3, 0.4) is 0 Å². The van der Waals surface area contributed by atoms with E-state index in [1.807, 2.05) is 10.6 Å². The zero-order valence-electron chi connectivity index (χ0n) is 9.95. The molecule has 0 amide bonds. The van der Waals surface area contributed by atoms with Crippen molar-refractivity contribution in [2.75, 3.05) is 13.1 Å². The number of nitrogens with one attached hydrogen (secondary N) is 1. The van der Waals surface area contributed by atoms with E-state index in [0.717, 1.165) is 38.4 Å². The van der Waals surface area contributed by atoms with Crippen LogP contribution in [0.4, 0.5) is 0 Å². The molecule has 0 unspecified atom stereocenters. The van der Waals surface area contributed by atoms with Gasteiger partial charge in [-0.15, -0.1) is 12.4 Å². The monoisotopic (exact) mass is 254 g/mol. The van der Waals surface area contributed by atoms with Crippen molar-refractivity contribution in [3.8, 4) is 0 Å². The van der Waals surface area contributed by atoms with E-state index < -0.39 is 0 Å². The molecule has 2 aliphatic rings. The maximum atomic E-state index is 11.9. The van der Waals surface area contributed by atoms with E-state index in [-0.39, 0.29) is 18.0 Å². The Morgan fingerprint density at radius 3 is 2.76 bits per heavy atom. The molecule has 0 atom stereocenters. The molecule has 3 nitrogen and oxygen atoms in total. The van der Waals surface area contributed by atoms with E-state index in [2.05, 4.69) is 5.32 Å². The SMILES string of the molecule is Cl.O=c1ccc2c(n1CC1CC1)CCNCC2. The van der Waals surface area contributed by atoms with Gasteiger partial charge in [-0.25, -0.2) is 0 Å². The van der Waals surface area contributed by atoms with Gasteiger partial charge in [-0.1, -0.05) is 6.07 Å². The summed E-state index contributed by atoms with van der Waals surface area (Å²) in [7, 11) is 0. The second-order valence-corrected chi connectivity index (χ2v) is 4.95. The molecule has 1 saturated carbocycles. The molecule has 2 heterocycles. The summed E-state index contributed by atoms with van der Waals surface area (Å²) in [6.07, 6.45) is 4.65. The number of nitrogens with zero attached hydrogens (tertiary/aromatic N) is 1. The van der Waals surface area contributed by atoms with Gasteiger partial charge in [0, 0.05) is 31.3 Å².